The molecule has 1 amide bonds. The zero-order valence-electron chi connectivity index (χ0n) is 15.6. The highest BCUT2D eigenvalue weighted by atomic mass is 32.2. The van der Waals surface area contributed by atoms with E-state index < -0.39 is 0 Å². The lowest BCUT2D eigenvalue weighted by Crippen LogP contribution is -2.45. The van der Waals surface area contributed by atoms with Crippen molar-refractivity contribution in [1.82, 2.24) is 5.32 Å². The van der Waals surface area contributed by atoms with Gasteiger partial charge in [-0.3, -0.25) is 9.59 Å². The molecule has 0 radical (unpaired) electrons. The summed E-state index contributed by atoms with van der Waals surface area (Å²) in [5.74, 6) is 0.750. The van der Waals surface area contributed by atoms with E-state index >= 15 is 0 Å². The summed E-state index contributed by atoms with van der Waals surface area (Å²) in [4.78, 5) is 25.0. The van der Waals surface area contributed by atoms with Crippen LogP contribution >= 0.6 is 11.8 Å². The molecule has 0 heterocycles. The first-order chi connectivity index (χ1) is 11.9. The Bertz CT molecular complexity index is 617. The number of carbonyl (C=O) groups excluding carboxylic acids is 2. The van der Waals surface area contributed by atoms with Crippen LogP contribution in [0.3, 0.4) is 0 Å². The maximum absolute atomic E-state index is 12.0. The SMILES string of the molecule is Cc1ccc(C)c(SCC(=O)OCC(=O)NC2CCCC(C)C2C)c1. The molecule has 2 rings (SSSR count). The smallest absolute Gasteiger partial charge is 0.316 e. The Hall–Kier alpha value is -1.49. The van der Waals surface area contributed by atoms with Gasteiger partial charge in [-0.15, -0.1) is 11.8 Å². The van der Waals surface area contributed by atoms with Gasteiger partial charge in [-0.25, -0.2) is 0 Å². The summed E-state index contributed by atoms with van der Waals surface area (Å²) in [5.41, 5.74) is 2.30. The fourth-order valence-electron chi connectivity index (χ4n) is 3.22. The Kier molecular flexibility index (Phi) is 7.36. The molecule has 5 heteroatoms. The monoisotopic (exact) mass is 363 g/mol. The van der Waals surface area contributed by atoms with Gasteiger partial charge in [0.2, 0.25) is 0 Å². The van der Waals surface area contributed by atoms with Gasteiger partial charge in [0, 0.05) is 10.9 Å². The molecular formula is C20H29NO3S. The molecule has 3 atom stereocenters. The van der Waals surface area contributed by atoms with Crippen LogP contribution in [0.2, 0.25) is 0 Å². The van der Waals surface area contributed by atoms with E-state index in [9.17, 15) is 9.59 Å². The van der Waals surface area contributed by atoms with Gasteiger partial charge < -0.3 is 10.1 Å². The Morgan fingerprint density at radius 2 is 2.00 bits per heavy atom. The first-order valence-corrected chi connectivity index (χ1v) is 10.0. The highest BCUT2D eigenvalue weighted by Crippen LogP contribution is 2.29. The minimum Gasteiger partial charge on any atom is -0.455 e. The van der Waals surface area contributed by atoms with Crippen LogP contribution in [0.25, 0.3) is 0 Å². The number of aryl methyl sites for hydroxylation is 2. The Morgan fingerprint density at radius 3 is 2.76 bits per heavy atom. The molecule has 3 unspecified atom stereocenters. The molecule has 25 heavy (non-hydrogen) atoms. The maximum Gasteiger partial charge on any atom is 0.316 e. The summed E-state index contributed by atoms with van der Waals surface area (Å²) in [5, 5.41) is 3.02. The van der Waals surface area contributed by atoms with E-state index in [1.54, 1.807) is 0 Å². The van der Waals surface area contributed by atoms with Crippen molar-refractivity contribution in [2.75, 3.05) is 12.4 Å². The average molecular weight is 364 g/mol. The maximum atomic E-state index is 12.0. The summed E-state index contributed by atoms with van der Waals surface area (Å²) in [7, 11) is 0. The lowest BCUT2D eigenvalue weighted by Gasteiger charge is -2.34. The van der Waals surface area contributed by atoms with Crippen molar-refractivity contribution < 1.29 is 14.3 Å². The van der Waals surface area contributed by atoms with Crippen molar-refractivity contribution in [2.45, 2.75) is 57.9 Å². The minimum atomic E-state index is -0.355. The summed E-state index contributed by atoms with van der Waals surface area (Å²) in [6.07, 6.45) is 3.37. The van der Waals surface area contributed by atoms with Gasteiger partial charge in [0.05, 0.1) is 5.75 Å². The summed E-state index contributed by atoms with van der Waals surface area (Å²) in [6.45, 7) is 8.27. The minimum absolute atomic E-state index is 0.191. The number of hydrogen-bond acceptors (Lipinski definition) is 4. The molecule has 0 spiro atoms. The van der Waals surface area contributed by atoms with E-state index in [4.69, 9.17) is 4.74 Å². The molecular weight excluding hydrogens is 334 g/mol. The van der Waals surface area contributed by atoms with Gasteiger partial charge in [-0.05, 0) is 43.7 Å². The number of nitrogens with one attached hydrogen (secondary N) is 1. The first kappa shape index (κ1) is 19.8. The highest BCUT2D eigenvalue weighted by molar-refractivity contribution is 8.00. The zero-order valence-corrected chi connectivity index (χ0v) is 16.4. The highest BCUT2D eigenvalue weighted by Gasteiger charge is 2.28. The van der Waals surface area contributed by atoms with Crippen LogP contribution < -0.4 is 5.32 Å². The topological polar surface area (TPSA) is 55.4 Å². The Morgan fingerprint density at radius 1 is 1.24 bits per heavy atom. The van der Waals surface area contributed by atoms with Crippen LogP contribution in [0.4, 0.5) is 0 Å². The van der Waals surface area contributed by atoms with Gasteiger partial charge in [0.15, 0.2) is 6.61 Å². The van der Waals surface area contributed by atoms with Crippen molar-refractivity contribution in [3.8, 4) is 0 Å². The van der Waals surface area contributed by atoms with Crippen LogP contribution in [-0.2, 0) is 14.3 Å². The lowest BCUT2D eigenvalue weighted by atomic mass is 9.78. The summed E-state index contributed by atoms with van der Waals surface area (Å²) < 4.78 is 5.13. The molecule has 1 saturated carbocycles. The van der Waals surface area contributed by atoms with E-state index in [1.807, 2.05) is 19.9 Å². The average Bonchev–Trinajstić information content (AvgIpc) is 2.58. The molecule has 1 N–H and O–H groups in total. The first-order valence-electron chi connectivity index (χ1n) is 9.02. The van der Waals surface area contributed by atoms with Gasteiger partial charge in [-0.2, -0.15) is 0 Å². The van der Waals surface area contributed by atoms with Crippen molar-refractivity contribution >= 4 is 23.6 Å². The number of carbonyl (C=O) groups is 2. The molecule has 1 aromatic carbocycles. The van der Waals surface area contributed by atoms with Crippen molar-refractivity contribution in [3.05, 3.63) is 29.3 Å². The molecule has 0 aliphatic heterocycles. The summed E-state index contributed by atoms with van der Waals surface area (Å²) >= 11 is 1.45. The number of esters is 1. The van der Waals surface area contributed by atoms with E-state index in [2.05, 4.69) is 31.3 Å². The van der Waals surface area contributed by atoms with Crippen LogP contribution in [-0.4, -0.2) is 30.3 Å². The quantitative estimate of drug-likeness (QED) is 0.615. The number of ether oxygens (including phenoxy) is 1. The number of hydrogen-bond donors (Lipinski definition) is 1. The van der Waals surface area contributed by atoms with Crippen molar-refractivity contribution in [1.29, 1.82) is 0 Å². The third kappa shape index (κ3) is 6.07. The van der Waals surface area contributed by atoms with Gasteiger partial charge in [-0.1, -0.05) is 44.4 Å². The van der Waals surface area contributed by atoms with Gasteiger partial charge >= 0.3 is 5.97 Å². The predicted octanol–water partition coefficient (Wildman–Crippen LogP) is 3.88. The van der Waals surface area contributed by atoms with Gasteiger partial charge in [0.25, 0.3) is 5.91 Å². The van der Waals surface area contributed by atoms with E-state index in [0.29, 0.717) is 11.8 Å². The van der Waals surface area contributed by atoms with Crippen molar-refractivity contribution in [2.24, 2.45) is 11.8 Å². The van der Waals surface area contributed by atoms with Crippen molar-refractivity contribution in [3.63, 3.8) is 0 Å². The van der Waals surface area contributed by atoms with E-state index in [1.165, 1.54) is 18.2 Å². The molecule has 0 aromatic heterocycles. The molecule has 4 nitrogen and oxygen atoms in total. The number of thioether (sulfide) groups is 1. The number of benzene rings is 1. The number of amides is 1. The Balaban J connectivity index is 1.72. The molecule has 0 bridgehead atoms. The third-order valence-corrected chi connectivity index (χ3v) is 6.24. The van der Waals surface area contributed by atoms with Crippen LogP contribution in [0.15, 0.2) is 23.1 Å². The number of rotatable bonds is 6. The second-order valence-corrected chi connectivity index (χ2v) is 8.18. The lowest BCUT2D eigenvalue weighted by molar-refractivity contribution is -0.146. The second-order valence-electron chi connectivity index (χ2n) is 7.16. The normalized spacial score (nSPS) is 23.1. The largest absolute Gasteiger partial charge is 0.455 e. The molecule has 1 aliphatic carbocycles. The molecule has 0 saturated heterocycles. The Labute approximate surface area is 155 Å². The third-order valence-electron chi connectivity index (χ3n) is 5.11. The fourth-order valence-corrected chi connectivity index (χ4v) is 4.14. The standard InChI is InChI=1S/C20H29NO3S/c1-13-8-9-15(3)18(10-13)25-12-20(23)24-11-19(22)21-17-7-5-6-14(2)16(17)4/h8-10,14,16-17H,5-7,11-12H2,1-4H3,(H,21,22). The fraction of sp³-hybridized carbons (Fsp3) is 0.600. The molecule has 1 aliphatic rings. The second kappa shape index (κ2) is 9.27. The van der Waals surface area contributed by atoms with Gasteiger partial charge in [0.1, 0.15) is 0 Å². The van der Waals surface area contributed by atoms with Crippen LogP contribution in [0, 0.1) is 25.7 Å². The zero-order chi connectivity index (χ0) is 18.4. The van der Waals surface area contributed by atoms with E-state index in [0.717, 1.165) is 28.9 Å². The summed E-state index contributed by atoms with van der Waals surface area (Å²) in [6, 6.07) is 6.35. The van der Waals surface area contributed by atoms with Crippen LogP contribution in [0.1, 0.15) is 44.2 Å². The molecule has 1 fully saturated rings. The van der Waals surface area contributed by atoms with E-state index in [-0.39, 0.29) is 30.3 Å². The molecule has 138 valence electrons. The van der Waals surface area contributed by atoms with Crippen LogP contribution in [0.5, 0.6) is 0 Å². The molecule has 1 aromatic rings. The predicted molar refractivity (Wildman–Crippen MR) is 102 cm³/mol.